The Kier molecular flexibility index (Phi) is 4.38. The maximum absolute atomic E-state index is 11.4. The van der Waals surface area contributed by atoms with E-state index >= 15 is 0 Å². The average molecular weight is 418 g/mol. The molecule has 1 aromatic rings. The normalized spacial score (nSPS) is 10.2. The van der Waals surface area contributed by atoms with E-state index in [0.29, 0.717) is 5.33 Å². The summed E-state index contributed by atoms with van der Waals surface area (Å²) in [5, 5.41) is 0.376. The second-order valence-corrected chi connectivity index (χ2v) is 5.22. The molecular formula is C9H7Br2IO. The molecule has 13 heavy (non-hydrogen) atoms. The third kappa shape index (κ3) is 2.76. The van der Waals surface area contributed by atoms with E-state index < -0.39 is 0 Å². The molecule has 4 heteroatoms. The number of benzene rings is 1. The van der Waals surface area contributed by atoms with Crippen molar-refractivity contribution in [1.82, 2.24) is 0 Å². The predicted octanol–water partition coefficient (Wildman–Crippen LogP) is 3.94. The van der Waals surface area contributed by atoms with E-state index in [-0.39, 0.29) is 5.78 Å². The monoisotopic (exact) mass is 416 g/mol. The average Bonchev–Trinajstić information content (AvgIpc) is 2.10. The molecule has 0 saturated carbocycles. The molecule has 0 aromatic heterocycles. The van der Waals surface area contributed by atoms with Crippen LogP contribution in [0.25, 0.3) is 0 Å². The molecule has 0 heterocycles. The fraction of sp³-hybridized carbons (Fsp3) is 0.222. The number of hydrogen-bond donors (Lipinski definition) is 0. The van der Waals surface area contributed by atoms with Gasteiger partial charge in [0, 0.05) is 13.6 Å². The maximum atomic E-state index is 11.4. The minimum absolute atomic E-state index is 0.120. The second-order valence-electron chi connectivity index (χ2n) is 2.64. The third-order valence-corrected chi connectivity index (χ3v) is 4.49. The molecule has 0 N–H and O–H groups in total. The van der Waals surface area contributed by atoms with Crippen molar-refractivity contribution in [2.45, 2.75) is 6.92 Å². The van der Waals surface area contributed by atoms with Crippen molar-refractivity contribution < 1.29 is 4.79 Å². The number of Topliss-reactive ketones (excluding diaryl/α,β-unsaturated/α-hetero) is 1. The molecule has 0 amide bonds. The highest BCUT2D eigenvalue weighted by atomic mass is 127. The Bertz CT molecular complexity index is 350. The summed E-state index contributed by atoms with van der Waals surface area (Å²) >= 11 is 8.80. The first-order valence-electron chi connectivity index (χ1n) is 3.61. The number of ketones is 1. The summed E-state index contributed by atoms with van der Waals surface area (Å²) in [6.45, 7) is 1.95. The molecule has 1 rings (SSSR count). The van der Waals surface area contributed by atoms with Crippen molar-refractivity contribution in [2.24, 2.45) is 0 Å². The molecule has 0 aliphatic carbocycles. The highest BCUT2D eigenvalue weighted by molar-refractivity contribution is 14.1. The van der Waals surface area contributed by atoms with Gasteiger partial charge >= 0.3 is 0 Å². The van der Waals surface area contributed by atoms with Crippen molar-refractivity contribution in [1.29, 1.82) is 0 Å². The minimum Gasteiger partial charge on any atom is -0.293 e. The van der Waals surface area contributed by atoms with E-state index in [1.54, 1.807) is 0 Å². The fourth-order valence-electron chi connectivity index (χ4n) is 1.02. The van der Waals surface area contributed by atoms with Gasteiger partial charge in [-0.15, -0.1) is 0 Å². The van der Waals surface area contributed by atoms with E-state index in [1.165, 1.54) is 0 Å². The summed E-state index contributed by atoms with van der Waals surface area (Å²) in [4.78, 5) is 11.4. The zero-order valence-electron chi connectivity index (χ0n) is 6.90. The number of halogens is 3. The first-order valence-corrected chi connectivity index (χ1v) is 6.60. The van der Waals surface area contributed by atoms with Gasteiger partial charge in [0.15, 0.2) is 5.78 Å². The predicted molar refractivity (Wildman–Crippen MR) is 69.7 cm³/mol. The van der Waals surface area contributed by atoms with Gasteiger partial charge in [-0.25, -0.2) is 0 Å². The van der Waals surface area contributed by atoms with Crippen LogP contribution in [-0.2, 0) is 0 Å². The summed E-state index contributed by atoms with van der Waals surface area (Å²) in [6.07, 6.45) is 0. The lowest BCUT2D eigenvalue weighted by Gasteiger charge is -2.05. The highest BCUT2D eigenvalue weighted by Gasteiger charge is 2.09. The lowest BCUT2D eigenvalue weighted by molar-refractivity contribution is 0.102. The lowest BCUT2D eigenvalue weighted by Crippen LogP contribution is -2.03. The van der Waals surface area contributed by atoms with Crippen molar-refractivity contribution >= 4 is 60.2 Å². The Morgan fingerprint density at radius 3 is 2.69 bits per heavy atom. The number of hydrogen-bond acceptors (Lipinski definition) is 1. The third-order valence-electron chi connectivity index (χ3n) is 1.69. The molecule has 0 spiro atoms. The van der Waals surface area contributed by atoms with Gasteiger partial charge in [-0.3, -0.25) is 4.79 Å². The Balaban J connectivity index is 3.23. The zero-order chi connectivity index (χ0) is 10.0. The fourth-order valence-corrected chi connectivity index (χ4v) is 2.29. The van der Waals surface area contributed by atoms with E-state index in [1.807, 2.05) is 19.1 Å². The summed E-state index contributed by atoms with van der Waals surface area (Å²) in [5.41, 5.74) is 1.81. The van der Waals surface area contributed by atoms with Gasteiger partial charge in [0.1, 0.15) is 0 Å². The molecule has 70 valence electrons. The molecule has 0 radical (unpaired) electrons. The van der Waals surface area contributed by atoms with Crippen molar-refractivity contribution in [3.63, 3.8) is 0 Å². The summed E-state index contributed by atoms with van der Waals surface area (Å²) < 4.78 is 2.10. The smallest absolute Gasteiger partial charge is 0.173 e. The molecule has 1 aromatic carbocycles. The number of carbonyl (C=O) groups is 1. The van der Waals surface area contributed by atoms with Crippen LogP contribution in [0.15, 0.2) is 16.6 Å². The van der Waals surface area contributed by atoms with Gasteiger partial charge in [-0.2, -0.15) is 0 Å². The molecule has 0 fully saturated rings. The number of carbonyl (C=O) groups excluding carboxylic acids is 1. The van der Waals surface area contributed by atoms with Crippen LogP contribution in [0, 0.1) is 10.5 Å². The molecule has 0 aliphatic heterocycles. The molecule has 0 aliphatic rings. The molecule has 1 nitrogen and oxygen atoms in total. The van der Waals surface area contributed by atoms with E-state index in [0.717, 1.165) is 19.2 Å². The van der Waals surface area contributed by atoms with E-state index in [2.05, 4.69) is 54.5 Å². The Labute approximate surface area is 108 Å². The van der Waals surface area contributed by atoms with Crippen molar-refractivity contribution in [2.75, 3.05) is 5.33 Å². The summed E-state index contributed by atoms with van der Waals surface area (Å²) in [7, 11) is 0. The van der Waals surface area contributed by atoms with Crippen LogP contribution < -0.4 is 0 Å². The van der Waals surface area contributed by atoms with Crippen molar-refractivity contribution in [3.05, 3.63) is 31.3 Å². The van der Waals surface area contributed by atoms with Crippen LogP contribution in [-0.4, -0.2) is 11.1 Å². The standard InChI is InChI=1S/C9H7Br2IO/c1-5-2-8(12)7(11)3-6(5)9(13)4-10/h2-3H,4H2,1H3. The van der Waals surface area contributed by atoms with Gasteiger partial charge in [0.25, 0.3) is 0 Å². The molecule has 0 atom stereocenters. The van der Waals surface area contributed by atoms with Crippen LogP contribution in [0.2, 0.25) is 0 Å². The van der Waals surface area contributed by atoms with Gasteiger partial charge in [0.05, 0.1) is 5.33 Å². The Morgan fingerprint density at radius 1 is 1.54 bits per heavy atom. The van der Waals surface area contributed by atoms with Crippen molar-refractivity contribution in [3.8, 4) is 0 Å². The van der Waals surface area contributed by atoms with Crippen LogP contribution >= 0.6 is 54.5 Å². The Hall–Kier alpha value is 0.580. The first-order chi connectivity index (χ1) is 6.06. The van der Waals surface area contributed by atoms with Gasteiger partial charge in [-0.1, -0.05) is 15.9 Å². The van der Waals surface area contributed by atoms with Crippen LogP contribution in [0.4, 0.5) is 0 Å². The van der Waals surface area contributed by atoms with Crippen LogP contribution in [0.5, 0.6) is 0 Å². The SMILES string of the molecule is Cc1cc(I)c(Br)cc1C(=O)CBr. The van der Waals surface area contributed by atoms with Gasteiger partial charge in [-0.05, 0) is 63.1 Å². The quantitative estimate of drug-likeness (QED) is 0.405. The summed E-state index contributed by atoms with van der Waals surface area (Å²) in [6, 6.07) is 3.88. The molecule has 0 unspecified atom stereocenters. The maximum Gasteiger partial charge on any atom is 0.173 e. The number of alkyl halides is 1. The molecule has 0 saturated heterocycles. The topological polar surface area (TPSA) is 17.1 Å². The minimum atomic E-state index is 0.120. The Morgan fingerprint density at radius 2 is 2.15 bits per heavy atom. The molecule has 0 bridgehead atoms. The first kappa shape index (κ1) is 11.7. The summed E-state index contributed by atoms with van der Waals surface area (Å²) in [5.74, 6) is 0.120. The largest absolute Gasteiger partial charge is 0.293 e. The van der Waals surface area contributed by atoms with Crippen LogP contribution in [0.1, 0.15) is 15.9 Å². The zero-order valence-corrected chi connectivity index (χ0v) is 12.2. The number of aryl methyl sites for hydroxylation is 1. The van der Waals surface area contributed by atoms with Crippen LogP contribution in [0.3, 0.4) is 0 Å². The van der Waals surface area contributed by atoms with Gasteiger partial charge < -0.3 is 0 Å². The lowest BCUT2D eigenvalue weighted by atomic mass is 10.1. The highest BCUT2D eigenvalue weighted by Crippen LogP contribution is 2.23. The number of rotatable bonds is 2. The van der Waals surface area contributed by atoms with E-state index in [9.17, 15) is 4.79 Å². The van der Waals surface area contributed by atoms with Gasteiger partial charge in [0.2, 0.25) is 0 Å². The second kappa shape index (κ2) is 4.89. The molecular weight excluding hydrogens is 411 g/mol. The van der Waals surface area contributed by atoms with E-state index in [4.69, 9.17) is 0 Å².